The minimum Gasteiger partial charge on any atom is -0.493 e. The number of hydrogen-bond donors (Lipinski definition) is 1. The standard InChI is InChI=1S/C30H32O5S.C3H4/c31-30(32)10-4-21-1-5-25(6-2-21)34-20-23-3-9-29-28(17-23)27-8-7-26(18-24(27)11-14-33-29)35-19-22-12-15-36-16-13-22;1-3-2/h1-3,5-9,17-18,22H,4,10-16,19-20H2,(H,31,32);1H,2H3. The molecule has 5 rings (SSSR count). The second kappa shape index (κ2) is 14.6. The third kappa shape index (κ3) is 8.46. The van der Waals surface area contributed by atoms with Gasteiger partial charge in [0.2, 0.25) is 0 Å². The van der Waals surface area contributed by atoms with E-state index in [-0.39, 0.29) is 6.42 Å². The van der Waals surface area contributed by atoms with E-state index in [9.17, 15) is 4.79 Å². The van der Waals surface area contributed by atoms with Crippen molar-refractivity contribution in [3.8, 4) is 40.7 Å². The minimum absolute atomic E-state index is 0.131. The highest BCUT2D eigenvalue weighted by Crippen LogP contribution is 2.38. The molecule has 0 amide bonds. The van der Waals surface area contributed by atoms with E-state index >= 15 is 0 Å². The van der Waals surface area contributed by atoms with Crippen molar-refractivity contribution in [1.82, 2.24) is 0 Å². The molecule has 0 saturated carbocycles. The quantitative estimate of drug-likeness (QED) is 0.291. The molecular weight excluding hydrogens is 508 g/mol. The highest BCUT2D eigenvalue weighted by atomic mass is 32.2. The summed E-state index contributed by atoms with van der Waals surface area (Å²) in [6.45, 7) is 3.54. The van der Waals surface area contributed by atoms with E-state index in [4.69, 9.17) is 19.3 Å². The van der Waals surface area contributed by atoms with Crippen LogP contribution in [0.1, 0.15) is 42.9 Å². The van der Waals surface area contributed by atoms with Gasteiger partial charge in [0.05, 0.1) is 13.2 Å². The van der Waals surface area contributed by atoms with E-state index in [0.717, 1.165) is 47.0 Å². The van der Waals surface area contributed by atoms with Crippen LogP contribution in [0.15, 0.2) is 60.7 Å². The molecule has 2 aliphatic heterocycles. The van der Waals surface area contributed by atoms with Gasteiger partial charge in [-0.2, -0.15) is 11.8 Å². The molecule has 1 N–H and O–H groups in total. The van der Waals surface area contributed by atoms with Crippen LogP contribution in [-0.4, -0.2) is 35.8 Å². The summed E-state index contributed by atoms with van der Waals surface area (Å²) in [5.74, 6) is 7.23. The molecule has 6 heteroatoms. The average Bonchev–Trinajstić information content (AvgIpc) is 3.14. The van der Waals surface area contributed by atoms with Crippen LogP contribution in [0.3, 0.4) is 0 Å². The van der Waals surface area contributed by atoms with Crippen LogP contribution in [0.4, 0.5) is 0 Å². The molecule has 1 saturated heterocycles. The van der Waals surface area contributed by atoms with Crippen molar-refractivity contribution in [3.63, 3.8) is 0 Å². The largest absolute Gasteiger partial charge is 0.493 e. The fourth-order valence-corrected chi connectivity index (χ4v) is 5.91. The molecule has 0 atom stereocenters. The lowest BCUT2D eigenvalue weighted by Gasteiger charge is -2.21. The van der Waals surface area contributed by atoms with Gasteiger partial charge in [-0.3, -0.25) is 4.79 Å². The van der Waals surface area contributed by atoms with Crippen molar-refractivity contribution in [1.29, 1.82) is 0 Å². The van der Waals surface area contributed by atoms with E-state index in [2.05, 4.69) is 36.6 Å². The number of fused-ring (bicyclic) bond motifs is 3. The molecule has 0 aliphatic carbocycles. The molecule has 39 heavy (non-hydrogen) atoms. The summed E-state index contributed by atoms with van der Waals surface area (Å²) in [4.78, 5) is 10.8. The Morgan fingerprint density at radius 1 is 1.00 bits per heavy atom. The van der Waals surface area contributed by atoms with Crippen LogP contribution in [0.2, 0.25) is 0 Å². The maximum atomic E-state index is 10.8. The Morgan fingerprint density at radius 2 is 1.72 bits per heavy atom. The third-order valence-corrected chi connectivity index (χ3v) is 7.87. The summed E-state index contributed by atoms with van der Waals surface area (Å²) in [5.41, 5.74) is 5.58. The second-order valence-corrected chi connectivity index (χ2v) is 11.0. The molecule has 0 aromatic heterocycles. The second-order valence-electron chi connectivity index (χ2n) is 9.73. The highest BCUT2D eigenvalue weighted by Gasteiger charge is 2.18. The molecule has 0 spiro atoms. The van der Waals surface area contributed by atoms with Crippen LogP contribution in [0.25, 0.3) is 11.1 Å². The van der Waals surface area contributed by atoms with Crippen LogP contribution in [0, 0.1) is 18.3 Å². The van der Waals surface area contributed by atoms with Gasteiger partial charge < -0.3 is 19.3 Å². The van der Waals surface area contributed by atoms with Gasteiger partial charge in [0.15, 0.2) is 0 Å². The molecule has 5 nitrogen and oxygen atoms in total. The molecule has 3 aromatic carbocycles. The van der Waals surface area contributed by atoms with Gasteiger partial charge in [0.25, 0.3) is 0 Å². The normalized spacial score (nSPS) is 14.3. The maximum absolute atomic E-state index is 10.8. The SMILES string of the molecule is C#CC.O=C(O)CCc1ccc(OCc2ccc3c(c2)-c2ccc(OCC4CCSCC4)cc2CCO3)cc1. The lowest BCUT2D eigenvalue weighted by molar-refractivity contribution is -0.136. The Balaban J connectivity index is 0.00000112. The Kier molecular flexibility index (Phi) is 10.6. The predicted octanol–water partition coefficient (Wildman–Crippen LogP) is 7.05. The number of aliphatic carboxylic acids is 1. The molecule has 1 fully saturated rings. The lowest BCUT2D eigenvalue weighted by Crippen LogP contribution is -2.17. The van der Waals surface area contributed by atoms with E-state index in [1.807, 2.05) is 48.2 Å². The average molecular weight is 545 g/mol. The maximum Gasteiger partial charge on any atom is 0.303 e. The van der Waals surface area contributed by atoms with Gasteiger partial charge in [-0.15, -0.1) is 12.3 Å². The van der Waals surface area contributed by atoms with Crippen molar-refractivity contribution in [3.05, 3.63) is 77.4 Å². The number of carboxylic acid groups (broad SMARTS) is 1. The summed E-state index contributed by atoms with van der Waals surface area (Å²) in [6.07, 6.45) is 8.59. The zero-order valence-electron chi connectivity index (χ0n) is 22.5. The molecule has 3 aromatic rings. The highest BCUT2D eigenvalue weighted by molar-refractivity contribution is 7.99. The number of rotatable bonds is 9. The van der Waals surface area contributed by atoms with Crippen molar-refractivity contribution in [2.24, 2.45) is 5.92 Å². The number of carboxylic acids is 1. The molecule has 0 bridgehead atoms. The predicted molar refractivity (Wildman–Crippen MR) is 158 cm³/mol. The zero-order valence-corrected chi connectivity index (χ0v) is 23.3. The first-order valence-electron chi connectivity index (χ1n) is 13.5. The minimum atomic E-state index is -0.786. The summed E-state index contributed by atoms with van der Waals surface area (Å²) in [6, 6.07) is 20.3. The molecule has 2 aliphatic rings. The first kappa shape index (κ1) is 28.4. The fourth-order valence-electron chi connectivity index (χ4n) is 4.70. The van der Waals surface area contributed by atoms with Crippen LogP contribution in [-0.2, 0) is 24.2 Å². The van der Waals surface area contributed by atoms with Gasteiger partial charge >= 0.3 is 5.97 Å². The number of terminal acetylenes is 1. The number of hydrogen-bond acceptors (Lipinski definition) is 5. The number of ether oxygens (including phenoxy) is 3. The molecular formula is C33H36O5S. The molecule has 204 valence electrons. The smallest absolute Gasteiger partial charge is 0.303 e. The number of thioether (sulfide) groups is 1. The third-order valence-electron chi connectivity index (χ3n) is 6.82. The van der Waals surface area contributed by atoms with Crippen molar-refractivity contribution < 1.29 is 24.1 Å². The Labute approximate surface area is 235 Å². The van der Waals surface area contributed by atoms with E-state index < -0.39 is 5.97 Å². The topological polar surface area (TPSA) is 65.0 Å². The summed E-state index contributed by atoms with van der Waals surface area (Å²) in [7, 11) is 0. The number of carbonyl (C=O) groups is 1. The summed E-state index contributed by atoms with van der Waals surface area (Å²) in [5, 5.41) is 8.85. The van der Waals surface area contributed by atoms with Crippen LogP contribution in [0.5, 0.6) is 17.2 Å². The van der Waals surface area contributed by atoms with Crippen molar-refractivity contribution in [2.75, 3.05) is 24.7 Å². The zero-order chi connectivity index (χ0) is 27.5. The van der Waals surface area contributed by atoms with Gasteiger partial charge in [-0.25, -0.2) is 0 Å². The lowest BCUT2D eigenvalue weighted by atomic mass is 9.96. The van der Waals surface area contributed by atoms with Gasteiger partial charge in [0.1, 0.15) is 23.9 Å². The molecule has 2 heterocycles. The first-order valence-corrected chi connectivity index (χ1v) is 14.6. The van der Waals surface area contributed by atoms with E-state index in [1.54, 1.807) is 6.92 Å². The van der Waals surface area contributed by atoms with Crippen molar-refractivity contribution in [2.45, 2.75) is 45.6 Å². The van der Waals surface area contributed by atoms with Gasteiger partial charge in [-0.1, -0.05) is 24.3 Å². The van der Waals surface area contributed by atoms with Crippen molar-refractivity contribution >= 4 is 17.7 Å². The molecule has 0 unspecified atom stereocenters. The Morgan fingerprint density at radius 3 is 2.46 bits per heavy atom. The van der Waals surface area contributed by atoms with Gasteiger partial charge in [-0.05, 0) is 102 Å². The first-order chi connectivity index (χ1) is 19.1. The van der Waals surface area contributed by atoms with Gasteiger partial charge in [0, 0.05) is 18.4 Å². The summed E-state index contributed by atoms with van der Waals surface area (Å²) >= 11 is 2.04. The number of aryl methyl sites for hydroxylation is 1. The van der Waals surface area contributed by atoms with Crippen LogP contribution >= 0.6 is 11.8 Å². The fraction of sp³-hybridized carbons (Fsp3) is 0.364. The number of benzene rings is 3. The van der Waals surface area contributed by atoms with E-state index in [0.29, 0.717) is 25.6 Å². The Bertz CT molecular complexity index is 1270. The monoisotopic (exact) mass is 544 g/mol. The van der Waals surface area contributed by atoms with Crippen LogP contribution < -0.4 is 14.2 Å². The van der Waals surface area contributed by atoms with E-state index in [1.165, 1.54) is 35.5 Å². The summed E-state index contributed by atoms with van der Waals surface area (Å²) < 4.78 is 18.3. The Hall–Kier alpha value is -3.56. The molecule has 0 radical (unpaired) electrons.